The van der Waals surface area contributed by atoms with Crippen molar-refractivity contribution in [3.8, 4) is 16.9 Å². The van der Waals surface area contributed by atoms with E-state index in [1.165, 1.54) is 5.56 Å². The molecule has 0 aliphatic carbocycles. The standard InChI is InChI=1S/C22H26F4OSi/c1-2-13-28(26)14-11-20(12-15-28)18-5-3-17(4-6-18)19-7-9-21(10-8-19)27-16-22(23,24)25/h3-10,20H,2,11-16H2,1H3/t20-,28+. The average Bonchev–Trinajstić information content (AvgIpc) is 2.67. The molecule has 1 aliphatic heterocycles. The topological polar surface area (TPSA) is 9.23 Å². The zero-order chi connectivity index (χ0) is 20.2. The highest BCUT2D eigenvalue weighted by molar-refractivity contribution is 6.73. The molecule has 1 heterocycles. The molecule has 0 amide bonds. The van der Waals surface area contributed by atoms with Crippen molar-refractivity contribution in [3.63, 3.8) is 0 Å². The first-order valence-electron chi connectivity index (χ1n) is 9.87. The van der Waals surface area contributed by atoms with Crippen LogP contribution >= 0.6 is 0 Å². The van der Waals surface area contributed by atoms with Crippen LogP contribution < -0.4 is 4.74 Å². The lowest BCUT2D eigenvalue weighted by Crippen LogP contribution is -2.32. The largest absolute Gasteiger partial charge is 0.484 e. The molecule has 0 bridgehead atoms. The van der Waals surface area contributed by atoms with E-state index in [1.807, 2.05) is 12.1 Å². The number of benzene rings is 2. The Labute approximate surface area is 164 Å². The molecular formula is C22H26F4OSi. The summed E-state index contributed by atoms with van der Waals surface area (Å²) in [4.78, 5) is 0. The van der Waals surface area contributed by atoms with Crippen molar-refractivity contribution in [2.45, 2.75) is 56.4 Å². The third kappa shape index (κ3) is 5.60. The summed E-state index contributed by atoms with van der Waals surface area (Å²) in [5.41, 5.74) is 3.18. The number of halogens is 4. The molecule has 0 unspecified atom stereocenters. The van der Waals surface area contributed by atoms with Crippen LogP contribution in [0.25, 0.3) is 11.1 Å². The zero-order valence-corrected chi connectivity index (χ0v) is 17.1. The van der Waals surface area contributed by atoms with Gasteiger partial charge in [0.2, 0.25) is 8.41 Å². The van der Waals surface area contributed by atoms with Gasteiger partial charge >= 0.3 is 6.18 Å². The smallest absolute Gasteiger partial charge is 0.422 e. The quantitative estimate of drug-likeness (QED) is 0.272. The molecule has 0 saturated carbocycles. The molecule has 1 saturated heterocycles. The van der Waals surface area contributed by atoms with E-state index >= 15 is 0 Å². The highest BCUT2D eigenvalue weighted by Gasteiger charge is 2.38. The molecule has 0 N–H and O–H groups in total. The lowest BCUT2D eigenvalue weighted by atomic mass is 9.92. The predicted molar refractivity (Wildman–Crippen MR) is 107 cm³/mol. The molecule has 0 radical (unpaired) electrons. The van der Waals surface area contributed by atoms with Gasteiger partial charge in [0.1, 0.15) is 5.75 Å². The Bertz CT molecular complexity index is 748. The molecule has 2 aromatic carbocycles. The van der Waals surface area contributed by atoms with Crippen molar-refractivity contribution in [2.24, 2.45) is 0 Å². The summed E-state index contributed by atoms with van der Waals surface area (Å²) in [5.74, 6) is 0.631. The summed E-state index contributed by atoms with van der Waals surface area (Å²) in [6.45, 7) is 0.776. The second-order valence-corrected chi connectivity index (χ2v) is 11.5. The van der Waals surface area contributed by atoms with Gasteiger partial charge < -0.3 is 8.84 Å². The van der Waals surface area contributed by atoms with Gasteiger partial charge in [0.05, 0.1) is 0 Å². The fourth-order valence-electron chi connectivity index (χ4n) is 4.02. The Morgan fingerprint density at radius 2 is 1.46 bits per heavy atom. The third-order valence-electron chi connectivity index (χ3n) is 5.55. The summed E-state index contributed by atoms with van der Waals surface area (Å²) >= 11 is 0. The molecule has 6 heteroatoms. The molecule has 2 aromatic rings. The Balaban J connectivity index is 1.60. The minimum atomic E-state index is -4.34. The van der Waals surface area contributed by atoms with Crippen molar-refractivity contribution < 1.29 is 22.0 Å². The van der Waals surface area contributed by atoms with E-state index < -0.39 is 21.2 Å². The van der Waals surface area contributed by atoms with Crippen LogP contribution in [0.15, 0.2) is 48.5 Å². The van der Waals surface area contributed by atoms with Crippen molar-refractivity contribution in [2.75, 3.05) is 6.61 Å². The van der Waals surface area contributed by atoms with Gasteiger partial charge in [-0.25, -0.2) is 0 Å². The van der Waals surface area contributed by atoms with Crippen LogP contribution in [0.1, 0.15) is 37.7 Å². The summed E-state index contributed by atoms with van der Waals surface area (Å²) in [6.07, 6.45) is -1.52. The molecule has 28 heavy (non-hydrogen) atoms. The Hall–Kier alpha value is -1.82. The zero-order valence-electron chi connectivity index (χ0n) is 16.1. The molecular weight excluding hydrogens is 384 g/mol. The van der Waals surface area contributed by atoms with Crippen molar-refractivity contribution in [3.05, 3.63) is 54.1 Å². The number of hydrogen-bond acceptors (Lipinski definition) is 1. The number of alkyl halides is 3. The minimum absolute atomic E-state index is 0.200. The van der Waals surface area contributed by atoms with Crippen molar-refractivity contribution >= 4 is 8.41 Å². The average molecular weight is 411 g/mol. The van der Waals surface area contributed by atoms with Crippen molar-refractivity contribution in [1.82, 2.24) is 0 Å². The molecule has 1 nitrogen and oxygen atoms in total. The lowest BCUT2D eigenvalue weighted by Gasteiger charge is -2.32. The van der Waals surface area contributed by atoms with Crippen LogP contribution in [0.4, 0.5) is 17.3 Å². The van der Waals surface area contributed by atoms with Crippen LogP contribution in [0.2, 0.25) is 18.1 Å². The maximum absolute atomic E-state index is 14.8. The van der Waals surface area contributed by atoms with E-state index in [-0.39, 0.29) is 5.75 Å². The second kappa shape index (κ2) is 8.68. The first kappa shape index (κ1) is 20.9. The first-order chi connectivity index (χ1) is 13.3. The van der Waals surface area contributed by atoms with Crippen molar-refractivity contribution in [1.29, 1.82) is 0 Å². The minimum Gasteiger partial charge on any atom is -0.484 e. The molecule has 152 valence electrons. The highest BCUT2D eigenvalue weighted by atomic mass is 28.4. The van der Waals surface area contributed by atoms with E-state index in [1.54, 1.807) is 24.3 Å². The fraction of sp³-hybridized carbons (Fsp3) is 0.455. The van der Waals surface area contributed by atoms with Gasteiger partial charge in [-0.2, -0.15) is 13.2 Å². The van der Waals surface area contributed by atoms with Crippen LogP contribution in [0, 0.1) is 0 Å². The summed E-state index contributed by atoms with van der Waals surface area (Å²) in [6, 6.07) is 17.2. The number of hydrogen-bond donors (Lipinski definition) is 0. The Morgan fingerprint density at radius 1 is 0.929 bits per heavy atom. The van der Waals surface area contributed by atoms with Crippen LogP contribution in [-0.2, 0) is 0 Å². The third-order valence-corrected chi connectivity index (χ3v) is 9.32. The van der Waals surface area contributed by atoms with E-state index in [9.17, 15) is 17.3 Å². The summed E-state index contributed by atoms with van der Waals surface area (Å²) < 4.78 is 56.2. The van der Waals surface area contributed by atoms with Crippen LogP contribution in [0.5, 0.6) is 5.75 Å². The maximum Gasteiger partial charge on any atom is 0.422 e. The lowest BCUT2D eigenvalue weighted by molar-refractivity contribution is -0.153. The molecule has 0 spiro atoms. The number of ether oxygens (including phenoxy) is 1. The molecule has 1 aliphatic rings. The fourth-order valence-corrected chi connectivity index (χ4v) is 7.40. The van der Waals surface area contributed by atoms with Gasteiger partial charge in [-0.15, -0.1) is 0 Å². The van der Waals surface area contributed by atoms with Crippen LogP contribution in [0.3, 0.4) is 0 Å². The normalized spacial score (nSPS) is 22.8. The SMILES string of the molecule is CCC[Si@]1(F)CC[C@@H](c2ccc(-c3ccc(OCC(F)(F)F)cc3)cc2)CC1. The van der Waals surface area contributed by atoms with Gasteiger partial charge in [0, 0.05) is 0 Å². The van der Waals surface area contributed by atoms with Gasteiger partial charge in [-0.05, 0) is 65.7 Å². The van der Waals surface area contributed by atoms with Gasteiger partial charge in [0.15, 0.2) is 6.61 Å². The van der Waals surface area contributed by atoms with Gasteiger partial charge in [0.25, 0.3) is 0 Å². The van der Waals surface area contributed by atoms with Gasteiger partial charge in [-0.3, -0.25) is 0 Å². The second-order valence-electron chi connectivity index (χ2n) is 7.73. The van der Waals surface area contributed by atoms with Crippen LogP contribution in [-0.4, -0.2) is 21.2 Å². The summed E-state index contributed by atoms with van der Waals surface area (Å²) in [5, 5.41) is 0. The summed E-state index contributed by atoms with van der Waals surface area (Å²) in [7, 11) is -2.48. The Kier molecular flexibility index (Phi) is 6.48. The van der Waals surface area contributed by atoms with E-state index in [0.717, 1.165) is 48.5 Å². The highest BCUT2D eigenvalue weighted by Crippen LogP contribution is 2.41. The van der Waals surface area contributed by atoms with Gasteiger partial charge in [-0.1, -0.05) is 49.7 Å². The number of rotatable bonds is 6. The van der Waals surface area contributed by atoms with E-state index in [0.29, 0.717) is 5.92 Å². The predicted octanol–water partition coefficient (Wildman–Crippen LogP) is 7.50. The first-order valence-corrected chi connectivity index (χ1v) is 12.4. The molecule has 3 rings (SSSR count). The molecule has 0 aromatic heterocycles. The molecule has 0 atom stereocenters. The maximum atomic E-state index is 14.8. The van der Waals surface area contributed by atoms with E-state index in [2.05, 4.69) is 19.1 Å². The van der Waals surface area contributed by atoms with E-state index in [4.69, 9.17) is 4.74 Å². The Morgan fingerprint density at radius 3 is 1.96 bits per heavy atom. The monoisotopic (exact) mass is 410 g/mol. The molecule has 1 fully saturated rings.